The molecule has 4 heteroatoms. The van der Waals surface area contributed by atoms with Crippen LogP contribution >= 0.6 is 0 Å². The molecule has 1 rings (SSSR count). The van der Waals surface area contributed by atoms with Gasteiger partial charge in [-0.15, -0.1) is 0 Å². The van der Waals surface area contributed by atoms with E-state index in [-0.39, 0.29) is 0 Å². The average Bonchev–Trinajstić information content (AvgIpc) is 2.20. The van der Waals surface area contributed by atoms with Gasteiger partial charge in [0.2, 0.25) is 0 Å². The molecule has 2 N–H and O–H groups in total. The van der Waals surface area contributed by atoms with Gasteiger partial charge in [-0.05, 0) is 19.9 Å². The number of anilines is 1. The lowest BCUT2D eigenvalue weighted by Crippen LogP contribution is -2.33. The summed E-state index contributed by atoms with van der Waals surface area (Å²) in [6, 6.07) is 0.532. The van der Waals surface area contributed by atoms with E-state index in [2.05, 4.69) is 42.7 Å². The number of nitrogens with two attached hydrogens (primary N) is 1. The minimum Gasteiger partial charge on any atom is -0.382 e. The Morgan fingerprint density at radius 2 is 1.93 bits per heavy atom. The van der Waals surface area contributed by atoms with Crippen molar-refractivity contribution in [1.29, 1.82) is 0 Å². The Labute approximate surface area is 91.5 Å². The van der Waals surface area contributed by atoms with Crippen molar-refractivity contribution in [3.63, 3.8) is 0 Å². The Balaban J connectivity index is 2.58. The Bertz CT molecular complexity index is 294. The molecular formula is C11H20N4. The molecule has 0 spiro atoms. The summed E-state index contributed by atoms with van der Waals surface area (Å²) in [6.07, 6.45) is 3.34. The molecule has 0 aromatic carbocycles. The third kappa shape index (κ3) is 3.47. The molecule has 1 aromatic rings. The van der Waals surface area contributed by atoms with E-state index in [1.165, 1.54) is 0 Å². The molecule has 1 aromatic heterocycles. The van der Waals surface area contributed by atoms with Crippen LogP contribution < -0.4 is 5.73 Å². The van der Waals surface area contributed by atoms with E-state index in [0.717, 1.165) is 12.2 Å². The highest BCUT2D eigenvalue weighted by molar-refractivity contribution is 5.22. The normalized spacial score (nSPS) is 13.5. The van der Waals surface area contributed by atoms with E-state index in [4.69, 9.17) is 5.73 Å². The molecule has 0 fully saturated rings. The van der Waals surface area contributed by atoms with Crippen molar-refractivity contribution in [2.24, 2.45) is 5.92 Å². The van der Waals surface area contributed by atoms with E-state index in [1.54, 1.807) is 12.4 Å². The first-order valence-electron chi connectivity index (χ1n) is 5.27. The van der Waals surface area contributed by atoms with Crippen molar-refractivity contribution in [1.82, 2.24) is 14.9 Å². The van der Waals surface area contributed by atoms with Crippen LogP contribution in [-0.2, 0) is 6.54 Å². The second-order valence-corrected chi connectivity index (χ2v) is 4.33. The maximum Gasteiger partial charge on any atom is 0.141 e. The fourth-order valence-electron chi connectivity index (χ4n) is 1.35. The lowest BCUT2D eigenvalue weighted by Gasteiger charge is -2.27. The van der Waals surface area contributed by atoms with Gasteiger partial charge in [0.1, 0.15) is 5.82 Å². The quantitative estimate of drug-likeness (QED) is 0.815. The highest BCUT2D eigenvalue weighted by Crippen LogP contribution is 2.10. The van der Waals surface area contributed by atoms with Crippen LogP contribution in [0.15, 0.2) is 12.4 Å². The standard InChI is InChI=1S/C11H20N4/c1-8(2)9(3)15(4)7-10-5-14-11(12)6-13-10/h5-6,8-9H,7H2,1-4H3,(H2,12,14). The maximum atomic E-state index is 5.48. The second-order valence-electron chi connectivity index (χ2n) is 4.33. The summed E-state index contributed by atoms with van der Waals surface area (Å²) in [5.41, 5.74) is 6.44. The minimum atomic E-state index is 0.471. The zero-order valence-corrected chi connectivity index (χ0v) is 9.94. The van der Waals surface area contributed by atoms with E-state index < -0.39 is 0 Å². The van der Waals surface area contributed by atoms with Crippen LogP contribution in [0.4, 0.5) is 5.82 Å². The summed E-state index contributed by atoms with van der Waals surface area (Å²) in [5.74, 6) is 1.11. The van der Waals surface area contributed by atoms with Gasteiger partial charge >= 0.3 is 0 Å². The molecule has 0 saturated heterocycles. The summed E-state index contributed by atoms with van der Waals surface area (Å²) < 4.78 is 0. The predicted molar refractivity (Wildman–Crippen MR) is 62.2 cm³/mol. The van der Waals surface area contributed by atoms with Crippen molar-refractivity contribution in [3.8, 4) is 0 Å². The third-order valence-corrected chi connectivity index (χ3v) is 2.80. The SMILES string of the molecule is CC(C)C(C)N(C)Cc1cnc(N)cn1. The van der Waals surface area contributed by atoms with Gasteiger partial charge in [0.25, 0.3) is 0 Å². The fraction of sp³-hybridized carbons (Fsp3) is 0.636. The molecule has 0 aliphatic carbocycles. The number of rotatable bonds is 4. The summed E-state index contributed by atoms with van der Waals surface area (Å²) in [7, 11) is 2.10. The maximum absolute atomic E-state index is 5.48. The highest BCUT2D eigenvalue weighted by Gasteiger charge is 2.13. The Morgan fingerprint density at radius 1 is 1.27 bits per heavy atom. The molecule has 0 aliphatic rings. The number of aromatic nitrogens is 2. The van der Waals surface area contributed by atoms with E-state index in [1.807, 2.05) is 0 Å². The summed E-state index contributed by atoms with van der Waals surface area (Å²) >= 11 is 0. The van der Waals surface area contributed by atoms with Crippen molar-refractivity contribution < 1.29 is 0 Å². The molecule has 0 bridgehead atoms. The van der Waals surface area contributed by atoms with E-state index in [9.17, 15) is 0 Å². The predicted octanol–water partition coefficient (Wildman–Crippen LogP) is 1.54. The van der Waals surface area contributed by atoms with Crippen LogP contribution in [0.3, 0.4) is 0 Å². The van der Waals surface area contributed by atoms with Crippen LogP contribution in [0.2, 0.25) is 0 Å². The van der Waals surface area contributed by atoms with Crippen LogP contribution in [0, 0.1) is 5.92 Å². The van der Waals surface area contributed by atoms with Gasteiger partial charge in [-0.1, -0.05) is 13.8 Å². The largest absolute Gasteiger partial charge is 0.382 e. The molecular weight excluding hydrogens is 188 g/mol. The Kier molecular flexibility index (Phi) is 4.03. The first-order valence-corrected chi connectivity index (χ1v) is 5.27. The minimum absolute atomic E-state index is 0.471. The van der Waals surface area contributed by atoms with Crippen LogP contribution in [0.5, 0.6) is 0 Å². The molecule has 1 unspecified atom stereocenters. The van der Waals surface area contributed by atoms with Gasteiger partial charge in [0.15, 0.2) is 0 Å². The Hall–Kier alpha value is -1.16. The van der Waals surface area contributed by atoms with Gasteiger partial charge in [-0.3, -0.25) is 9.88 Å². The fourth-order valence-corrected chi connectivity index (χ4v) is 1.35. The number of nitrogens with zero attached hydrogens (tertiary/aromatic N) is 3. The monoisotopic (exact) mass is 208 g/mol. The molecule has 0 radical (unpaired) electrons. The van der Waals surface area contributed by atoms with Crippen LogP contribution in [0.25, 0.3) is 0 Å². The van der Waals surface area contributed by atoms with Crippen molar-refractivity contribution in [2.75, 3.05) is 12.8 Å². The van der Waals surface area contributed by atoms with Gasteiger partial charge in [0, 0.05) is 12.6 Å². The molecule has 4 nitrogen and oxygen atoms in total. The number of nitrogen functional groups attached to an aromatic ring is 1. The van der Waals surface area contributed by atoms with Gasteiger partial charge < -0.3 is 5.73 Å². The van der Waals surface area contributed by atoms with E-state index in [0.29, 0.717) is 17.8 Å². The smallest absolute Gasteiger partial charge is 0.141 e. The van der Waals surface area contributed by atoms with Gasteiger partial charge in [-0.25, -0.2) is 4.98 Å². The van der Waals surface area contributed by atoms with Crippen molar-refractivity contribution in [2.45, 2.75) is 33.4 Å². The topological polar surface area (TPSA) is 55.0 Å². The van der Waals surface area contributed by atoms with Gasteiger partial charge in [-0.2, -0.15) is 0 Å². The number of hydrogen-bond acceptors (Lipinski definition) is 4. The second kappa shape index (κ2) is 5.07. The van der Waals surface area contributed by atoms with Crippen LogP contribution in [0.1, 0.15) is 26.5 Å². The molecule has 0 saturated carbocycles. The first-order chi connectivity index (χ1) is 7.00. The molecule has 0 aliphatic heterocycles. The zero-order valence-electron chi connectivity index (χ0n) is 9.94. The van der Waals surface area contributed by atoms with Crippen LogP contribution in [-0.4, -0.2) is 28.0 Å². The molecule has 84 valence electrons. The van der Waals surface area contributed by atoms with Gasteiger partial charge in [0.05, 0.1) is 18.1 Å². The first kappa shape index (κ1) is 11.9. The van der Waals surface area contributed by atoms with E-state index >= 15 is 0 Å². The zero-order chi connectivity index (χ0) is 11.4. The van der Waals surface area contributed by atoms with Crippen molar-refractivity contribution in [3.05, 3.63) is 18.1 Å². The van der Waals surface area contributed by atoms with Crippen molar-refractivity contribution >= 4 is 5.82 Å². The number of hydrogen-bond donors (Lipinski definition) is 1. The lowest BCUT2D eigenvalue weighted by molar-refractivity contribution is 0.198. The molecule has 0 amide bonds. The summed E-state index contributed by atoms with van der Waals surface area (Å²) in [4.78, 5) is 10.5. The third-order valence-electron chi connectivity index (χ3n) is 2.80. The highest BCUT2D eigenvalue weighted by atomic mass is 15.1. The summed E-state index contributed by atoms with van der Waals surface area (Å²) in [6.45, 7) is 7.47. The molecule has 1 heterocycles. The average molecular weight is 208 g/mol. The molecule has 15 heavy (non-hydrogen) atoms. The Morgan fingerprint density at radius 3 is 2.40 bits per heavy atom. The lowest BCUT2D eigenvalue weighted by atomic mass is 10.1. The summed E-state index contributed by atoms with van der Waals surface area (Å²) in [5, 5.41) is 0. The molecule has 1 atom stereocenters.